The van der Waals surface area contributed by atoms with E-state index in [0.29, 0.717) is 42.4 Å². The Bertz CT molecular complexity index is 1360. The van der Waals surface area contributed by atoms with Crippen molar-refractivity contribution >= 4 is 40.4 Å². The van der Waals surface area contributed by atoms with E-state index >= 15 is 0 Å². The lowest BCUT2D eigenvalue weighted by Gasteiger charge is -2.37. The first-order valence-electron chi connectivity index (χ1n) is 12.5. The average molecular weight is 549 g/mol. The highest BCUT2D eigenvalue weighted by molar-refractivity contribution is 6.29. The molecule has 2 amide bonds. The van der Waals surface area contributed by atoms with E-state index < -0.39 is 24.0 Å². The molecule has 0 bridgehead atoms. The van der Waals surface area contributed by atoms with Crippen molar-refractivity contribution in [3.8, 4) is 0 Å². The molecule has 0 unspecified atom stereocenters. The first-order valence-corrected chi connectivity index (χ1v) is 12.9. The van der Waals surface area contributed by atoms with E-state index in [1.165, 1.54) is 31.0 Å². The van der Waals surface area contributed by atoms with E-state index in [2.05, 4.69) is 10.1 Å². The lowest BCUT2D eigenvalue weighted by Crippen LogP contribution is -2.48. The number of nitrogens with zero attached hydrogens (tertiary/aromatic N) is 6. The number of halogens is 4. The number of hydrogen-bond acceptors (Lipinski definition) is 5. The molecule has 1 fully saturated rings. The fourth-order valence-corrected chi connectivity index (χ4v) is 5.72. The number of carbonyl (C=O) groups is 2. The van der Waals surface area contributed by atoms with Crippen LogP contribution in [0.3, 0.4) is 0 Å². The van der Waals surface area contributed by atoms with Gasteiger partial charge < -0.3 is 14.7 Å². The van der Waals surface area contributed by atoms with Crippen molar-refractivity contribution in [1.82, 2.24) is 24.4 Å². The number of amides is 2. The molecule has 202 valence electrons. The van der Waals surface area contributed by atoms with E-state index in [9.17, 15) is 22.8 Å². The van der Waals surface area contributed by atoms with Crippen LogP contribution in [0.1, 0.15) is 43.5 Å². The molecule has 8 nitrogen and oxygen atoms in total. The van der Waals surface area contributed by atoms with Crippen molar-refractivity contribution < 1.29 is 22.8 Å². The fourth-order valence-electron chi connectivity index (χ4n) is 5.55. The second-order valence-corrected chi connectivity index (χ2v) is 10.3. The monoisotopic (exact) mass is 548 g/mol. The van der Waals surface area contributed by atoms with Crippen LogP contribution in [0.5, 0.6) is 0 Å². The summed E-state index contributed by atoms with van der Waals surface area (Å²) in [6.07, 6.45) is -0.312. The van der Waals surface area contributed by atoms with Gasteiger partial charge in [-0.15, -0.1) is 0 Å². The Hall–Kier alpha value is -3.34. The van der Waals surface area contributed by atoms with Crippen molar-refractivity contribution in [2.75, 3.05) is 31.6 Å². The van der Waals surface area contributed by atoms with Gasteiger partial charge >= 0.3 is 6.18 Å². The third-order valence-electron chi connectivity index (χ3n) is 7.40. The van der Waals surface area contributed by atoms with Gasteiger partial charge in [0, 0.05) is 45.4 Å². The Labute approximate surface area is 223 Å². The standard InChI is InChI=1S/C26H28ClF3N6O2/c1-16(37)34-11-3-5-18(15-34)25(38)33(2)24(26(28,29)30)17-7-9-19(10-8-17)35-12-4-6-20-21(35)14-31-23-13-22(27)32-36(20)23/h7-10,13-14,18,24H,3-6,11-12,15H2,1-2H3/t18-,24+/m1/s1. The van der Waals surface area contributed by atoms with Crippen molar-refractivity contribution in [3.63, 3.8) is 0 Å². The largest absolute Gasteiger partial charge is 0.413 e. The molecule has 2 aromatic heterocycles. The minimum absolute atomic E-state index is 0.0269. The molecule has 0 spiro atoms. The molecule has 38 heavy (non-hydrogen) atoms. The number of benzene rings is 1. The maximum atomic E-state index is 14.3. The van der Waals surface area contributed by atoms with Crippen molar-refractivity contribution in [3.05, 3.63) is 52.9 Å². The maximum Gasteiger partial charge on any atom is 0.413 e. The second kappa shape index (κ2) is 10.1. The molecule has 0 radical (unpaired) electrons. The highest BCUT2D eigenvalue weighted by atomic mass is 35.5. The molecule has 3 aromatic rings. The van der Waals surface area contributed by atoms with Crippen LogP contribution < -0.4 is 4.90 Å². The Morgan fingerprint density at radius 1 is 1.16 bits per heavy atom. The molecular weight excluding hydrogens is 521 g/mol. The molecule has 2 atom stereocenters. The smallest absolute Gasteiger partial charge is 0.342 e. The van der Waals surface area contributed by atoms with E-state index in [1.807, 2.05) is 4.90 Å². The highest BCUT2D eigenvalue weighted by Crippen LogP contribution is 2.40. The van der Waals surface area contributed by atoms with E-state index in [-0.39, 0.29) is 18.0 Å². The van der Waals surface area contributed by atoms with Crippen LogP contribution in [-0.2, 0) is 16.0 Å². The summed E-state index contributed by atoms with van der Waals surface area (Å²) in [5.41, 5.74) is 3.08. The van der Waals surface area contributed by atoms with Crippen LogP contribution in [0, 0.1) is 5.92 Å². The van der Waals surface area contributed by atoms with Gasteiger partial charge in [0.05, 0.1) is 23.5 Å². The highest BCUT2D eigenvalue weighted by Gasteiger charge is 2.46. The predicted molar refractivity (Wildman–Crippen MR) is 136 cm³/mol. The summed E-state index contributed by atoms with van der Waals surface area (Å²) in [6, 6.07) is 5.70. The topological polar surface area (TPSA) is 74.1 Å². The van der Waals surface area contributed by atoms with Gasteiger partial charge in [-0.25, -0.2) is 9.50 Å². The van der Waals surface area contributed by atoms with Gasteiger partial charge in [0.2, 0.25) is 11.8 Å². The molecule has 1 saturated heterocycles. The summed E-state index contributed by atoms with van der Waals surface area (Å²) in [6.45, 7) is 2.73. The minimum Gasteiger partial charge on any atom is -0.342 e. The van der Waals surface area contributed by atoms with Crippen LogP contribution in [0.25, 0.3) is 5.65 Å². The number of aromatic nitrogens is 3. The quantitative estimate of drug-likeness (QED) is 0.469. The molecule has 0 saturated carbocycles. The summed E-state index contributed by atoms with van der Waals surface area (Å²) >= 11 is 6.06. The van der Waals surface area contributed by atoms with Gasteiger partial charge in [0.1, 0.15) is 0 Å². The Kier molecular flexibility index (Phi) is 6.97. The number of aryl methyl sites for hydroxylation is 1. The zero-order valence-corrected chi connectivity index (χ0v) is 21.8. The average Bonchev–Trinajstić information content (AvgIpc) is 3.28. The van der Waals surface area contributed by atoms with Crippen LogP contribution in [0.4, 0.5) is 24.5 Å². The van der Waals surface area contributed by atoms with E-state index in [0.717, 1.165) is 29.1 Å². The Morgan fingerprint density at radius 3 is 2.58 bits per heavy atom. The number of carbonyl (C=O) groups excluding carboxylic acids is 2. The molecule has 0 aliphatic carbocycles. The van der Waals surface area contributed by atoms with Gasteiger partial charge in [0.15, 0.2) is 16.8 Å². The van der Waals surface area contributed by atoms with Crippen LogP contribution in [0.15, 0.2) is 36.5 Å². The van der Waals surface area contributed by atoms with Gasteiger partial charge in [-0.2, -0.15) is 18.3 Å². The van der Waals surface area contributed by atoms with Crippen molar-refractivity contribution in [1.29, 1.82) is 0 Å². The Balaban J connectivity index is 1.41. The number of hydrogen-bond donors (Lipinski definition) is 0. The number of fused-ring (bicyclic) bond motifs is 3. The first-order chi connectivity index (χ1) is 18.0. The lowest BCUT2D eigenvalue weighted by molar-refractivity contribution is -0.191. The lowest BCUT2D eigenvalue weighted by atomic mass is 9.95. The van der Waals surface area contributed by atoms with Gasteiger partial charge in [-0.3, -0.25) is 9.59 Å². The summed E-state index contributed by atoms with van der Waals surface area (Å²) in [5.74, 6) is -1.45. The summed E-state index contributed by atoms with van der Waals surface area (Å²) in [5, 5.41) is 4.66. The van der Waals surface area contributed by atoms with E-state index in [1.54, 1.807) is 28.9 Å². The zero-order valence-electron chi connectivity index (χ0n) is 21.1. The summed E-state index contributed by atoms with van der Waals surface area (Å²) in [4.78, 5) is 33.6. The predicted octanol–water partition coefficient (Wildman–Crippen LogP) is 4.79. The van der Waals surface area contributed by atoms with Crippen LogP contribution in [-0.4, -0.2) is 69.1 Å². The summed E-state index contributed by atoms with van der Waals surface area (Å²) < 4.78 is 44.6. The first kappa shape index (κ1) is 26.3. The van der Waals surface area contributed by atoms with Crippen LogP contribution in [0.2, 0.25) is 5.15 Å². The third kappa shape index (κ3) is 4.91. The number of rotatable bonds is 4. The molecule has 1 aromatic carbocycles. The Morgan fingerprint density at radius 2 is 1.89 bits per heavy atom. The molecule has 12 heteroatoms. The molecule has 4 heterocycles. The molecule has 2 aliphatic rings. The fraction of sp³-hybridized carbons (Fsp3) is 0.462. The normalized spacial score (nSPS) is 18.8. The number of likely N-dealkylation sites (tertiary alicyclic amines) is 1. The van der Waals surface area contributed by atoms with Crippen molar-refractivity contribution in [2.45, 2.75) is 44.8 Å². The molecule has 2 aliphatic heterocycles. The number of anilines is 2. The number of piperidine rings is 1. The van der Waals surface area contributed by atoms with Crippen molar-refractivity contribution in [2.24, 2.45) is 5.92 Å². The SMILES string of the molecule is CC(=O)N1CCC[C@@H](C(=O)N(C)[C@@H](c2ccc(N3CCCc4c3cnc3cc(Cl)nn43)cc2)C(F)(F)F)C1. The van der Waals surface area contributed by atoms with Gasteiger partial charge in [-0.1, -0.05) is 23.7 Å². The molecule has 0 N–H and O–H groups in total. The molecular formula is C26H28ClF3N6O2. The van der Waals surface area contributed by atoms with Gasteiger partial charge in [-0.05, 0) is 43.4 Å². The van der Waals surface area contributed by atoms with Gasteiger partial charge in [0.25, 0.3) is 0 Å². The number of alkyl halides is 3. The summed E-state index contributed by atoms with van der Waals surface area (Å²) in [7, 11) is 1.19. The molecule has 5 rings (SSSR count). The minimum atomic E-state index is -4.67. The second-order valence-electron chi connectivity index (χ2n) is 9.87. The zero-order chi connectivity index (χ0) is 27.2. The van der Waals surface area contributed by atoms with Crippen LogP contribution >= 0.6 is 11.6 Å². The van der Waals surface area contributed by atoms with E-state index in [4.69, 9.17) is 11.6 Å². The third-order valence-corrected chi connectivity index (χ3v) is 7.58. The maximum absolute atomic E-state index is 14.3.